The van der Waals surface area contributed by atoms with Crippen LogP contribution in [0.4, 0.5) is 4.39 Å². The first kappa shape index (κ1) is 10.3. The Labute approximate surface area is 81.3 Å². The van der Waals surface area contributed by atoms with Crippen LogP contribution in [0.3, 0.4) is 0 Å². The van der Waals surface area contributed by atoms with Crippen molar-refractivity contribution in [1.82, 2.24) is 0 Å². The van der Waals surface area contributed by atoms with Crippen LogP contribution in [0.1, 0.15) is 17.3 Å². The van der Waals surface area contributed by atoms with Crippen LogP contribution in [0.25, 0.3) is 0 Å². The summed E-state index contributed by atoms with van der Waals surface area (Å²) in [5.74, 6) is 0.490. The molecule has 0 aromatic heterocycles. The predicted octanol–water partition coefficient (Wildman–Crippen LogP) is 2.95. The van der Waals surface area contributed by atoms with E-state index < -0.39 is 0 Å². The third kappa shape index (κ3) is 3.19. The third-order valence-corrected chi connectivity index (χ3v) is 2.53. The van der Waals surface area contributed by atoms with Gasteiger partial charge in [0, 0.05) is 16.2 Å². The SMILES string of the molecule is CC(=O)c1cccc(SCCF)c1. The van der Waals surface area contributed by atoms with Gasteiger partial charge in [0.15, 0.2) is 5.78 Å². The molecule has 70 valence electrons. The topological polar surface area (TPSA) is 17.1 Å². The molecule has 1 aromatic rings. The molecule has 1 aromatic carbocycles. The molecule has 3 heteroatoms. The van der Waals surface area contributed by atoms with Gasteiger partial charge in [0.1, 0.15) is 0 Å². The van der Waals surface area contributed by atoms with Crippen LogP contribution in [-0.4, -0.2) is 18.2 Å². The van der Waals surface area contributed by atoms with Crippen LogP contribution in [-0.2, 0) is 0 Å². The van der Waals surface area contributed by atoms with Crippen molar-refractivity contribution in [1.29, 1.82) is 0 Å². The minimum atomic E-state index is -0.338. The number of carbonyl (C=O) groups is 1. The van der Waals surface area contributed by atoms with Crippen molar-refractivity contribution in [3.8, 4) is 0 Å². The zero-order chi connectivity index (χ0) is 9.68. The fourth-order valence-electron chi connectivity index (χ4n) is 0.961. The van der Waals surface area contributed by atoms with Gasteiger partial charge in [-0.1, -0.05) is 12.1 Å². The summed E-state index contributed by atoms with van der Waals surface area (Å²) in [5.41, 5.74) is 0.684. The number of thioether (sulfide) groups is 1. The van der Waals surface area contributed by atoms with Crippen molar-refractivity contribution in [3.05, 3.63) is 29.8 Å². The highest BCUT2D eigenvalue weighted by Crippen LogP contribution is 2.19. The van der Waals surface area contributed by atoms with E-state index >= 15 is 0 Å². The molecule has 0 radical (unpaired) electrons. The van der Waals surface area contributed by atoms with Crippen LogP contribution in [0.15, 0.2) is 29.2 Å². The fraction of sp³-hybridized carbons (Fsp3) is 0.300. The van der Waals surface area contributed by atoms with E-state index in [1.807, 2.05) is 12.1 Å². The maximum atomic E-state index is 11.9. The van der Waals surface area contributed by atoms with Crippen molar-refractivity contribution in [2.45, 2.75) is 11.8 Å². The third-order valence-electron chi connectivity index (χ3n) is 1.59. The van der Waals surface area contributed by atoms with E-state index in [1.54, 1.807) is 12.1 Å². The van der Waals surface area contributed by atoms with Gasteiger partial charge in [0.25, 0.3) is 0 Å². The number of benzene rings is 1. The molecule has 0 aliphatic rings. The Bertz CT molecular complexity index is 299. The molecule has 0 saturated carbocycles. The molecule has 0 aliphatic carbocycles. The molecule has 0 amide bonds. The average Bonchev–Trinajstić information content (AvgIpc) is 2.15. The van der Waals surface area contributed by atoms with Crippen molar-refractivity contribution >= 4 is 17.5 Å². The predicted molar refractivity (Wildman–Crippen MR) is 53.1 cm³/mol. The highest BCUT2D eigenvalue weighted by molar-refractivity contribution is 7.99. The maximum absolute atomic E-state index is 11.9. The van der Waals surface area contributed by atoms with Gasteiger partial charge in [0.05, 0.1) is 6.67 Å². The van der Waals surface area contributed by atoms with Gasteiger partial charge in [-0.05, 0) is 19.1 Å². The smallest absolute Gasteiger partial charge is 0.159 e. The van der Waals surface area contributed by atoms with Gasteiger partial charge >= 0.3 is 0 Å². The molecule has 13 heavy (non-hydrogen) atoms. The lowest BCUT2D eigenvalue weighted by molar-refractivity contribution is 0.101. The van der Waals surface area contributed by atoms with E-state index in [2.05, 4.69) is 0 Å². The van der Waals surface area contributed by atoms with E-state index in [1.165, 1.54) is 18.7 Å². The Kier molecular flexibility index (Phi) is 3.96. The summed E-state index contributed by atoms with van der Waals surface area (Å²) in [7, 11) is 0. The number of carbonyl (C=O) groups excluding carboxylic acids is 1. The number of ketones is 1. The number of hydrogen-bond donors (Lipinski definition) is 0. The van der Waals surface area contributed by atoms with Crippen LogP contribution in [0.2, 0.25) is 0 Å². The minimum absolute atomic E-state index is 0.0442. The molecule has 0 unspecified atom stereocenters. The zero-order valence-electron chi connectivity index (χ0n) is 7.42. The molecule has 1 nitrogen and oxygen atoms in total. The molecule has 0 bridgehead atoms. The quantitative estimate of drug-likeness (QED) is 0.546. The first-order chi connectivity index (χ1) is 6.24. The van der Waals surface area contributed by atoms with Gasteiger partial charge in [-0.3, -0.25) is 9.18 Å². The highest BCUT2D eigenvalue weighted by atomic mass is 32.2. The van der Waals surface area contributed by atoms with Gasteiger partial charge in [-0.25, -0.2) is 0 Å². The highest BCUT2D eigenvalue weighted by Gasteiger charge is 2.00. The second-order valence-corrected chi connectivity index (χ2v) is 3.79. The summed E-state index contributed by atoms with van der Waals surface area (Å²) in [6.07, 6.45) is 0. The van der Waals surface area contributed by atoms with Gasteiger partial charge in [-0.2, -0.15) is 0 Å². The molecule has 0 fully saturated rings. The molecule has 0 aliphatic heterocycles. The van der Waals surface area contributed by atoms with Gasteiger partial charge < -0.3 is 0 Å². The largest absolute Gasteiger partial charge is 0.295 e. The summed E-state index contributed by atoms with van der Waals surface area (Å²) in [6.45, 7) is 1.19. The summed E-state index contributed by atoms with van der Waals surface area (Å²) in [6, 6.07) is 7.26. The molecule has 0 heterocycles. The molecule has 0 atom stereocenters. The lowest BCUT2D eigenvalue weighted by Crippen LogP contribution is -1.91. The summed E-state index contributed by atoms with van der Waals surface area (Å²) in [5, 5.41) is 0. The number of hydrogen-bond acceptors (Lipinski definition) is 2. The average molecular weight is 198 g/mol. The van der Waals surface area contributed by atoms with Crippen LogP contribution < -0.4 is 0 Å². The molecule has 0 spiro atoms. The van der Waals surface area contributed by atoms with E-state index in [4.69, 9.17) is 0 Å². The zero-order valence-corrected chi connectivity index (χ0v) is 8.23. The standard InChI is InChI=1S/C10H11FOS/c1-8(12)9-3-2-4-10(7-9)13-6-5-11/h2-4,7H,5-6H2,1H3. The Morgan fingerprint density at radius 2 is 2.31 bits per heavy atom. The number of Topliss-reactive ketones (excluding diaryl/α,β-unsaturated/α-hetero) is 1. The monoisotopic (exact) mass is 198 g/mol. The molecule has 1 rings (SSSR count). The lowest BCUT2D eigenvalue weighted by atomic mass is 10.2. The van der Waals surface area contributed by atoms with Crippen molar-refractivity contribution in [2.24, 2.45) is 0 Å². The maximum Gasteiger partial charge on any atom is 0.159 e. The fourth-order valence-corrected chi connectivity index (χ4v) is 1.66. The first-order valence-corrected chi connectivity index (χ1v) is 5.02. The van der Waals surface area contributed by atoms with Crippen molar-refractivity contribution in [3.63, 3.8) is 0 Å². The van der Waals surface area contributed by atoms with Crippen molar-refractivity contribution in [2.75, 3.05) is 12.4 Å². The van der Waals surface area contributed by atoms with Gasteiger partial charge in [-0.15, -0.1) is 11.8 Å². The van der Waals surface area contributed by atoms with Crippen LogP contribution >= 0.6 is 11.8 Å². The Balaban J connectivity index is 2.73. The normalized spacial score (nSPS) is 10.0. The van der Waals surface area contributed by atoms with Crippen LogP contribution in [0, 0.1) is 0 Å². The van der Waals surface area contributed by atoms with E-state index in [9.17, 15) is 9.18 Å². The van der Waals surface area contributed by atoms with Crippen LogP contribution in [0.5, 0.6) is 0 Å². The molecular weight excluding hydrogens is 187 g/mol. The van der Waals surface area contributed by atoms with E-state index in [0.29, 0.717) is 11.3 Å². The lowest BCUT2D eigenvalue weighted by Gasteiger charge is -2.00. The first-order valence-electron chi connectivity index (χ1n) is 4.04. The summed E-state index contributed by atoms with van der Waals surface area (Å²) in [4.78, 5) is 11.9. The Hall–Kier alpha value is -0.830. The summed E-state index contributed by atoms with van der Waals surface area (Å²) < 4.78 is 11.9. The van der Waals surface area contributed by atoms with E-state index in [-0.39, 0.29) is 12.5 Å². The number of halogens is 1. The second-order valence-electron chi connectivity index (χ2n) is 2.62. The van der Waals surface area contributed by atoms with Crippen molar-refractivity contribution < 1.29 is 9.18 Å². The summed E-state index contributed by atoms with van der Waals surface area (Å²) >= 11 is 1.42. The Morgan fingerprint density at radius 3 is 2.92 bits per heavy atom. The molecule has 0 saturated heterocycles. The number of alkyl halides is 1. The minimum Gasteiger partial charge on any atom is -0.295 e. The van der Waals surface area contributed by atoms with Gasteiger partial charge in [0.2, 0.25) is 0 Å². The second kappa shape index (κ2) is 5.02. The van der Waals surface area contributed by atoms with E-state index in [0.717, 1.165) is 4.90 Å². The molecular formula is C10H11FOS. The Morgan fingerprint density at radius 1 is 1.54 bits per heavy atom. The molecule has 0 N–H and O–H groups in total. The number of rotatable bonds is 4.